The number of allylic oxidation sites excluding steroid dienone is 1. The zero-order chi connectivity index (χ0) is 21.7. The lowest BCUT2D eigenvalue weighted by Crippen LogP contribution is -2.02. The minimum absolute atomic E-state index is 0.120. The second-order valence-electron chi connectivity index (χ2n) is 6.57. The molecule has 0 unspecified atom stereocenters. The predicted molar refractivity (Wildman–Crippen MR) is 120 cm³/mol. The second kappa shape index (κ2) is 9.83. The van der Waals surface area contributed by atoms with Crippen LogP contribution in [0, 0.1) is 6.92 Å². The Balaban J connectivity index is 1.84. The first-order chi connectivity index (χ1) is 14.4. The number of aryl methyl sites for hydroxylation is 1. The van der Waals surface area contributed by atoms with E-state index in [1.54, 1.807) is 42.3 Å². The number of ether oxygens (including phenoxy) is 2. The Bertz CT molecular complexity index is 1090. The first kappa shape index (κ1) is 21.9. The fourth-order valence-electron chi connectivity index (χ4n) is 3.03. The van der Waals surface area contributed by atoms with Crippen molar-refractivity contribution in [2.24, 2.45) is 0 Å². The molecule has 0 amide bonds. The van der Waals surface area contributed by atoms with Gasteiger partial charge in [-0.15, -0.1) is 0 Å². The molecule has 0 aliphatic rings. The summed E-state index contributed by atoms with van der Waals surface area (Å²) in [5.41, 5.74) is 3.01. The van der Waals surface area contributed by atoms with Crippen LogP contribution in [0.3, 0.4) is 0 Å². The highest BCUT2D eigenvalue weighted by molar-refractivity contribution is 6.42. The molecule has 3 aromatic rings. The van der Waals surface area contributed by atoms with Crippen LogP contribution in [0.1, 0.15) is 34.1 Å². The van der Waals surface area contributed by atoms with Crippen LogP contribution >= 0.6 is 23.2 Å². The van der Waals surface area contributed by atoms with Crippen LogP contribution in [-0.2, 0) is 13.2 Å². The molecule has 30 heavy (non-hydrogen) atoms. The predicted octanol–water partition coefficient (Wildman–Crippen LogP) is 6.00. The van der Waals surface area contributed by atoms with E-state index in [1.807, 2.05) is 32.0 Å². The van der Waals surface area contributed by atoms with Crippen molar-refractivity contribution in [3.8, 4) is 11.5 Å². The van der Waals surface area contributed by atoms with E-state index in [1.165, 1.54) is 6.08 Å². The minimum Gasteiger partial charge on any atom is -0.493 e. The zero-order valence-corrected chi connectivity index (χ0v) is 18.5. The molecule has 1 aromatic heterocycles. The number of carbonyl (C=O) groups excluding carboxylic acids is 1. The van der Waals surface area contributed by atoms with Crippen LogP contribution in [0.25, 0.3) is 6.08 Å². The van der Waals surface area contributed by atoms with Crippen LogP contribution in [-0.4, -0.2) is 22.7 Å². The number of para-hydroxylation sites is 1. The molecule has 7 heteroatoms. The summed E-state index contributed by atoms with van der Waals surface area (Å²) in [6.45, 7) is 4.85. The van der Waals surface area contributed by atoms with Gasteiger partial charge in [-0.05, 0) is 49.8 Å². The Hall–Kier alpha value is -2.76. The summed E-state index contributed by atoms with van der Waals surface area (Å²) in [4.78, 5) is 12.6. The van der Waals surface area contributed by atoms with Crippen molar-refractivity contribution >= 4 is 35.1 Å². The van der Waals surface area contributed by atoms with Gasteiger partial charge in [-0.2, -0.15) is 5.10 Å². The van der Waals surface area contributed by atoms with E-state index in [2.05, 4.69) is 5.10 Å². The van der Waals surface area contributed by atoms with E-state index in [4.69, 9.17) is 32.7 Å². The molecular formula is C23H22Cl2N2O3. The number of aromatic nitrogens is 2. The van der Waals surface area contributed by atoms with Gasteiger partial charge in [0.05, 0.1) is 28.9 Å². The number of benzene rings is 2. The molecule has 2 aromatic carbocycles. The highest BCUT2D eigenvalue weighted by atomic mass is 35.5. The smallest absolute Gasteiger partial charge is 0.189 e. The lowest BCUT2D eigenvalue weighted by atomic mass is 10.1. The Morgan fingerprint density at radius 2 is 2.00 bits per heavy atom. The summed E-state index contributed by atoms with van der Waals surface area (Å²) in [7, 11) is 1.57. The topological polar surface area (TPSA) is 53.4 Å². The fourth-order valence-corrected chi connectivity index (χ4v) is 3.35. The van der Waals surface area contributed by atoms with Gasteiger partial charge >= 0.3 is 0 Å². The number of hydrogen-bond acceptors (Lipinski definition) is 4. The highest BCUT2D eigenvalue weighted by Gasteiger charge is 2.13. The highest BCUT2D eigenvalue weighted by Crippen LogP contribution is 2.33. The molecule has 0 aliphatic heterocycles. The van der Waals surface area contributed by atoms with E-state index >= 15 is 0 Å². The van der Waals surface area contributed by atoms with Crippen molar-refractivity contribution in [1.82, 2.24) is 9.78 Å². The van der Waals surface area contributed by atoms with E-state index in [9.17, 15) is 4.79 Å². The Kier molecular flexibility index (Phi) is 7.19. The van der Waals surface area contributed by atoms with E-state index in [-0.39, 0.29) is 12.4 Å². The number of nitrogens with zero attached hydrogens (tertiary/aromatic N) is 2. The summed E-state index contributed by atoms with van der Waals surface area (Å²) in [6.07, 6.45) is 4.83. The van der Waals surface area contributed by atoms with E-state index < -0.39 is 0 Å². The summed E-state index contributed by atoms with van der Waals surface area (Å²) in [6, 6.07) is 10.8. The summed E-state index contributed by atoms with van der Waals surface area (Å²) < 4.78 is 13.2. The lowest BCUT2D eigenvalue weighted by Gasteiger charge is -2.14. The molecule has 0 bridgehead atoms. The molecule has 0 aliphatic carbocycles. The Morgan fingerprint density at radius 3 is 2.67 bits per heavy atom. The molecule has 5 nitrogen and oxygen atoms in total. The average Bonchev–Trinajstić information content (AvgIpc) is 3.13. The third kappa shape index (κ3) is 4.86. The first-order valence-corrected chi connectivity index (χ1v) is 10.2. The molecule has 3 rings (SSSR count). The maximum atomic E-state index is 12.6. The number of rotatable bonds is 8. The summed E-state index contributed by atoms with van der Waals surface area (Å²) in [5.74, 6) is 0.987. The lowest BCUT2D eigenvalue weighted by molar-refractivity contribution is 0.104. The maximum Gasteiger partial charge on any atom is 0.189 e. The molecule has 0 fully saturated rings. The molecule has 156 valence electrons. The van der Waals surface area contributed by atoms with Gasteiger partial charge in [-0.25, -0.2) is 0 Å². The van der Waals surface area contributed by atoms with Gasteiger partial charge in [0.25, 0.3) is 0 Å². The number of methoxy groups -OCH3 is 1. The van der Waals surface area contributed by atoms with Gasteiger partial charge in [0.1, 0.15) is 6.61 Å². The van der Waals surface area contributed by atoms with Crippen molar-refractivity contribution < 1.29 is 14.3 Å². The molecule has 0 saturated carbocycles. The van der Waals surface area contributed by atoms with Crippen molar-refractivity contribution in [2.45, 2.75) is 27.0 Å². The van der Waals surface area contributed by atoms with Crippen LogP contribution < -0.4 is 9.47 Å². The second-order valence-corrected chi connectivity index (χ2v) is 7.39. The van der Waals surface area contributed by atoms with Crippen LogP contribution in [0.5, 0.6) is 11.5 Å². The van der Waals surface area contributed by atoms with Crippen molar-refractivity contribution in [3.05, 3.63) is 81.1 Å². The maximum absolute atomic E-state index is 12.6. The normalized spacial score (nSPS) is 11.1. The third-order valence-electron chi connectivity index (χ3n) is 4.68. The Labute approximate surface area is 185 Å². The van der Waals surface area contributed by atoms with Crippen LogP contribution in [0.15, 0.2) is 48.7 Å². The van der Waals surface area contributed by atoms with Crippen molar-refractivity contribution in [2.75, 3.05) is 7.11 Å². The SMILES string of the molecule is CCn1ncc(C(=O)/C=C/c2cccc(OC)c2OCc2ccc(Cl)c(Cl)c2)c1C. The molecule has 0 saturated heterocycles. The molecule has 0 spiro atoms. The summed E-state index contributed by atoms with van der Waals surface area (Å²) in [5, 5.41) is 5.18. The summed E-state index contributed by atoms with van der Waals surface area (Å²) >= 11 is 12.1. The minimum atomic E-state index is -0.120. The number of hydrogen-bond donors (Lipinski definition) is 0. The zero-order valence-electron chi connectivity index (χ0n) is 17.0. The number of halogens is 2. The number of ketones is 1. The van der Waals surface area contributed by atoms with Gasteiger partial charge in [-0.3, -0.25) is 9.48 Å². The monoisotopic (exact) mass is 444 g/mol. The van der Waals surface area contributed by atoms with Crippen molar-refractivity contribution in [3.63, 3.8) is 0 Å². The number of carbonyl (C=O) groups is 1. The molecule has 0 atom stereocenters. The van der Waals surface area contributed by atoms with Gasteiger partial charge in [0, 0.05) is 17.8 Å². The van der Waals surface area contributed by atoms with Gasteiger partial charge < -0.3 is 9.47 Å². The third-order valence-corrected chi connectivity index (χ3v) is 5.42. The molecule has 0 radical (unpaired) electrons. The van der Waals surface area contributed by atoms with Gasteiger partial charge in [0.15, 0.2) is 17.3 Å². The van der Waals surface area contributed by atoms with Gasteiger partial charge in [0.2, 0.25) is 0 Å². The Morgan fingerprint density at radius 1 is 1.20 bits per heavy atom. The largest absolute Gasteiger partial charge is 0.493 e. The van der Waals surface area contributed by atoms with Crippen LogP contribution in [0.2, 0.25) is 10.0 Å². The van der Waals surface area contributed by atoms with Crippen LogP contribution in [0.4, 0.5) is 0 Å². The van der Waals surface area contributed by atoms with Gasteiger partial charge in [-0.1, -0.05) is 41.4 Å². The van der Waals surface area contributed by atoms with E-state index in [0.717, 1.165) is 16.8 Å². The van der Waals surface area contributed by atoms with E-state index in [0.29, 0.717) is 33.7 Å². The molecule has 1 heterocycles. The fraction of sp³-hybridized carbons (Fsp3) is 0.217. The standard InChI is InChI=1S/C23H22Cl2N2O3/c1-4-27-15(2)18(13-26-27)21(28)11-9-17-6-5-7-22(29-3)23(17)30-14-16-8-10-19(24)20(25)12-16/h5-13H,4,14H2,1-3H3/b11-9+. The first-order valence-electron chi connectivity index (χ1n) is 9.43. The average molecular weight is 445 g/mol. The molecule has 0 N–H and O–H groups in total. The van der Waals surface area contributed by atoms with Crippen molar-refractivity contribution in [1.29, 1.82) is 0 Å². The molecular weight excluding hydrogens is 423 g/mol. The quantitative estimate of drug-likeness (QED) is 0.315.